The second-order valence-electron chi connectivity index (χ2n) is 6.35. The number of halogens is 2. The molecule has 144 valence electrons. The van der Waals surface area contributed by atoms with Crippen LogP contribution in [0.1, 0.15) is 15.9 Å². The number of anilines is 1. The number of nitrogens with two attached hydrogens (primary N) is 1. The van der Waals surface area contributed by atoms with Gasteiger partial charge in [-0.25, -0.2) is 17.2 Å². The molecule has 1 saturated heterocycles. The minimum Gasteiger partial charge on any atom is -0.399 e. The van der Waals surface area contributed by atoms with Crippen molar-refractivity contribution in [3.05, 3.63) is 59.2 Å². The van der Waals surface area contributed by atoms with Gasteiger partial charge >= 0.3 is 0 Å². The summed E-state index contributed by atoms with van der Waals surface area (Å²) in [5.41, 5.74) is 7.46. The van der Waals surface area contributed by atoms with Crippen molar-refractivity contribution >= 4 is 21.6 Å². The highest BCUT2D eigenvalue weighted by atomic mass is 32.2. The number of hydrogen-bond donors (Lipinski definition) is 1. The smallest absolute Gasteiger partial charge is 0.254 e. The van der Waals surface area contributed by atoms with Gasteiger partial charge in [0, 0.05) is 43.5 Å². The summed E-state index contributed by atoms with van der Waals surface area (Å²) in [4.78, 5) is 13.7. The molecule has 1 aliphatic heterocycles. The summed E-state index contributed by atoms with van der Waals surface area (Å²) in [7, 11) is -4.10. The van der Waals surface area contributed by atoms with Crippen molar-refractivity contribution in [2.45, 2.75) is 11.8 Å². The van der Waals surface area contributed by atoms with Crippen LogP contribution >= 0.6 is 0 Å². The Hall–Kier alpha value is -2.52. The second-order valence-corrected chi connectivity index (χ2v) is 8.25. The number of nitrogen functional groups attached to an aromatic ring is 1. The van der Waals surface area contributed by atoms with Crippen LogP contribution in [-0.4, -0.2) is 49.7 Å². The van der Waals surface area contributed by atoms with E-state index in [0.717, 1.165) is 22.0 Å². The molecule has 2 N–H and O–H groups in total. The molecule has 0 aliphatic carbocycles. The summed E-state index contributed by atoms with van der Waals surface area (Å²) in [6.07, 6.45) is 0. The third kappa shape index (κ3) is 3.79. The highest BCUT2D eigenvalue weighted by Gasteiger charge is 2.32. The quantitative estimate of drug-likeness (QED) is 0.806. The standard InChI is InChI=1S/C18H19F2N3O3S/c1-12-2-4-14(21)11-15(12)18(24)22-6-8-23(9-7-22)27(25,26)17-5-3-13(19)10-16(17)20/h2-5,10-11H,6-9,21H2,1H3. The maximum absolute atomic E-state index is 13.9. The van der Waals surface area contributed by atoms with Gasteiger partial charge in [-0.15, -0.1) is 0 Å². The molecule has 1 aliphatic rings. The van der Waals surface area contributed by atoms with Crippen LogP contribution in [0.3, 0.4) is 0 Å². The lowest BCUT2D eigenvalue weighted by Gasteiger charge is -2.34. The molecule has 0 spiro atoms. The first-order valence-corrected chi connectivity index (χ1v) is 9.75. The summed E-state index contributed by atoms with van der Waals surface area (Å²) in [6, 6.07) is 7.39. The van der Waals surface area contributed by atoms with E-state index in [1.54, 1.807) is 25.1 Å². The Morgan fingerprint density at radius 2 is 1.70 bits per heavy atom. The van der Waals surface area contributed by atoms with Crippen LogP contribution in [0.25, 0.3) is 0 Å². The molecule has 1 heterocycles. The van der Waals surface area contributed by atoms with Gasteiger partial charge in [0.05, 0.1) is 0 Å². The van der Waals surface area contributed by atoms with Gasteiger partial charge in [0.25, 0.3) is 5.91 Å². The van der Waals surface area contributed by atoms with Gasteiger partial charge in [-0.3, -0.25) is 4.79 Å². The highest BCUT2D eigenvalue weighted by molar-refractivity contribution is 7.89. The zero-order chi connectivity index (χ0) is 19.8. The largest absolute Gasteiger partial charge is 0.399 e. The van der Waals surface area contributed by atoms with Gasteiger partial charge in [-0.1, -0.05) is 6.07 Å². The molecule has 1 fully saturated rings. The number of amides is 1. The number of carbonyl (C=O) groups excluding carboxylic acids is 1. The van der Waals surface area contributed by atoms with Crippen LogP contribution < -0.4 is 5.73 Å². The number of piperazine rings is 1. The van der Waals surface area contributed by atoms with Crippen molar-refractivity contribution < 1.29 is 22.0 Å². The zero-order valence-corrected chi connectivity index (χ0v) is 15.5. The fraction of sp³-hybridized carbons (Fsp3) is 0.278. The third-order valence-electron chi connectivity index (χ3n) is 4.53. The van der Waals surface area contributed by atoms with Crippen LogP contribution in [-0.2, 0) is 10.0 Å². The van der Waals surface area contributed by atoms with Gasteiger partial charge in [0.1, 0.15) is 16.5 Å². The molecule has 0 atom stereocenters. The van der Waals surface area contributed by atoms with E-state index in [0.29, 0.717) is 17.3 Å². The van der Waals surface area contributed by atoms with Gasteiger partial charge in [-0.05, 0) is 36.8 Å². The topological polar surface area (TPSA) is 83.7 Å². The molecule has 9 heteroatoms. The summed E-state index contributed by atoms with van der Waals surface area (Å²) in [6.45, 7) is 2.16. The first-order valence-electron chi connectivity index (χ1n) is 8.31. The van der Waals surface area contributed by atoms with Crippen molar-refractivity contribution in [2.24, 2.45) is 0 Å². The fourth-order valence-electron chi connectivity index (χ4n) is 3.00. The van der Waals surface area contributed by atoms with Crippen molar-refractivity contribution in [1.82, 2.24) is 9.21 Å². The first kappa shape index (κ1) is 19.2. The van der Waals surface area contributed by atoms with Crippen LogP contribution in [0.2, 0.25) is 0 Å². The Labute approximate surface area is 156 Å². The van der Waals surface area contributed by atoms with Crippen LogP contribution in [0.5, 0.6) is 0 Å². The average molecular weight is 395 g/mol. The van der Waals surface area contributed by atoms with Crippen LogP contribution in [0, 0.1) is 18.6 Å². The van der Waals surface area contributed by atoms with E-state index in [4.69, 9.17) is 5.73 Å². The number of rotatable bonds is 3. The van der Waals surface area contributed by atoms with Crippen molar-refractivity contribution in [1.29, 1.82) is 0 Å². The maximum Gasteiger partial charge on any atom is 0.254 e. The van der Waals surface area contributed by atoms with E-state index in [1.807, 2.05) is 0 Å². The summed E-state index contributed by atoms with van der Waals surface area (Å²) in [5.74, 6) is -2.21. The average Bonchev–Trinajstić information content (AvgIpc) is 2.63. The molecular weight excluding hydrogens is 376 g/mol. The Balaban J connectivity index is 1.75. The molecule has 0 saturated carbocycles. The SMILES string of the molecule is Cc1ccc(N)cc1C(=O)N1CCN(S(=O)(=O)c2ccc(F)cc2F)CC1. The molecule has 27 heavy (non-hydrogen) atoms. The van der Waals surface area contributed by atoms with E-state index < -0.39 is 26.6 Å². The maximum atomic E-state index is 13.9. The summed E-state index contributed by atoms with van der Waals surface area (Å²) >= 11 is 0. The molecule has 0 bridgehead atoms. The lowest BCUT2D eigenvalue weighted by atomic mass is 10.1. The van der Waals surface area contributed by atoms with E-state index in [-0.39, 0.29) is 32.1 Å². The minimum atomic E-state index is -4.10. The van der Waals surface area contributed by atoms with Gasteiger partial charge in [0.15, 0.2) is 0 Å². The molecule has 1 amide bonds. The number of nitrogens with zero attached hydrogens (tertiary/aromatic N) is 2. The van der Waals surface area contributed by atoms with Crippen molar-refractivity contribution in [2.75, 3.05) is 31.9 Å². The monoisotopic (exact) mass is 395 g/mol. The molecule has 2 aromatic rings. The lowest BCUT2D eigenvalue weighted by Crippen LogP contribution is -2.50. The third-order valence-corrected chi connectivity index (χ3v) is 6.46. The number of hydrogen-bond acceptors (Lipinski definition) is 4. The molecular formula is C18H19F2N3O3S. The first-order chi connectivity index (χ1) is 12.7. The molecule has 2 aromatic carbocycles. The van der Waals surface area contributed by atoms with Crippen molar-refractivity contribution in [3.63, 3.8) is 0 Å². The summed E-state index contributed by atoms with van der Waals surface area (Å²) < 4.78 is 53.2. The normalized spacial score (nSPS) is 15.7. The van der Waals surface area contributed by atoms with E-state index in [9.17, 15) is 22.0 Å². The number of sulfonamides is 1. The van der Waals surface area contributed by atoms with Crippen LogP contribution in [0.4, 0.5) is 14.5 Å². The summed E-state index contributed by atoms with van der Waals surface area (Å²) in [5, 5.41) is 0. The Morgan fingerprint density at radius 1 is 1.04 bits per heavy atom. The molecule has 0 radical (unpaired) electrons. The zero-order valence-electron chi connectivity index (χ0n) is 14.7. The number of benzene rings is 2. The van der Waals surface area contributed by atoms with E-state index in [1.165, 1.54) is 4.90 Å². The van der Waals surface area contributed by atoms with Gasteiger partial charge in [0.2, 0.25) is 10.0 Å². The molecule has 0 aromatic heterocycles. The molecule has 0 unspecified atom stereocenters. The predicted octanol–water partition coefficient (Wildman–Crippen LogP) is 2.00. The number of aryl methyl sites for hydroxylation is 1. The molecule has 3 rings (SSSR count). The Bertz CT molecular complexity index is 987. The lowest BCUT2D eigenvalue weighted by molar-refractivity contribution is 0.0697. The second kappa shape index (κ2) is 7.24. The van der Waals surface area contributed by atoms with Gasteiger partial charge in [-0.2, -0.15) is 4.31 Å². The number of carbonyl (C=O) groups is 1. The Morgan fingerprint density at radius 3 is 2.33 bits per heavy atom. The molecule has 6 nitrogen and oxygen atoms in total. The van der Waals surface area contributed by atoms with Crippen molar-refractivity contribution in [3.8, 4) is 0 Å². The minimum absolute atomic E-state index is 0.0201. The highest BCUT2D eigenvalue weighted by Crippen LogP contribution is 2.22. The van der Waals surface area contributed by atoms with E-state index >= 15 is 0 Å². The van der Waals surface area contributed by atoms with Crippen LogP contribution in [0.15, 0.2) is 41.3 Å². The Kier molecular flexibility index (Phi) is 5.16. The van der Waals surface area contributed by atoms with Gasteiger partial charge < -0.3 is 10.6 Å². The fourth-order valence-corrected chi connectivity index (χ4v) is 4.46. The van der Waals surface area contributed by atoms with E-state index in [2.05, 4.69) is 0 Å². The predicted molar refractivity (Wildman–Crippen MR) is 96.6 cm³/mol.